The number of ether oxygens (including phenoxy) is 2. The summed E-state index contributed by atoms with van der Waals surface area (Å²) in [6.45, 7) is 5.95. The van der Waals surface area contributed by atoms with Gasteiger partial charge in [0, 0.05) is 6.54 Å². The summed E-state index contributed by atoms with van der Waals surface area (Å²) in [5, 5.41) is 12.6. The Morgan fingerprint density at radius 1 is 1.43 bits per heavy atom. The van der Waals surface area contributed by atoms with E-state index in [0.29, 0.717) is 13.0 Å². The second-order valence-corrected chi connectivity index (χ2v) is 6.24. The minimum Gasteiger partial charge on any atom is -0.448 e. The largest absolute Gasteiger partial charge is 0.448 e. The van der Waals surface area contributed by atoms with Crippen molar-refractivity contribution in [1.82, 2.24) is 10.2 Å². The van der Waals surface area contributed by atoms with Gasteiger partial charge in [-0.05, 0) is 27.2 Å². The Morgan fingerprint density at radius 3 is 2.62 bits per heavy atom. The van der Waals surface area contributed by atoms with Crippen LogP contribution in [0.25, 0.3) is 0 Å². The highest BCUT2D eigenvalue weighted by Gasteiger charge is 2.33. The molecular weight excluding hydrogens is 300 g/mol. The Bertz CT molecular complexity index is 372. The smallest absolute Gasteiger partial charge is 0.410 e. The van der Waals surface area contributed by atoms with Crippen LogP contribution in [0.3, 0.4) is 0 Å². The van der Waals surface area contributed by atoms with Gasteiger partial charge in [-0.3, -0.25) is 0 Å². The molecule has 8 heteroatoms. The van der Waals surface area contributed by atoms with Gasteiger partial charge >= 0.3 is 12.2 Å². The number of aliphatic hydroxyl groups is 1. The first-order valence-corrected chi connectivity index (χ1v) is 7.41. The maximum Gasteiger partial charge on any atom is 0.410 e. The van der Waals surface area contributed by atoms with Crippen LogP contribution >= 0.6 is 11.6 Å². The Balaban J connectivity index is 2.43. The Hall–Kier alpha value is -1.21. The summed E-state index contributed by atoms with van der Waals surface area (Å²) < 4.78 is 10.0. The van der Waals surface area contributed by atoms with Crippen LogP contribution in [0.1, 0.15) is 27.2 Å². The lowest BCUT2D eigenvalue weighted by molar-refractivity contribution is -0.00453. The highest BCUT2D eigenvalue weighted by Crippen LogP contribution is 2.16. The van der Waals surface area contributed by atoms with Gasteiger partial charge in [-0.15, -0.1) is 11.6 Å². The fraction of sp³-hybridized carbons (Fsp3) is 0.846. The molecule has 1 aliphatic heterocycles. The molecule has 2 N–H and O–H groups in total. The third kappa shape index (κ3) is 6.39. The SMILES string of the molecule is CC(C)(C)OC(=O)N1CC[C@H](NC(=O)OCCCl)[C@@H](O)C1. The number of hydrogen-bond donors (Lipinski definition) is 2. The van der Waals surface area contributed by atoms with Crippen molar-refractivity contribution >= 4 is 23.8 Å². The molecule has 1 aliphatic rings. The molecule has 2 amide bonds. The van der Waals surface area contributed by atoms with E-state index >= 15 is 0 Å². The van der Waals surface area contributed by atoms with E-state index in [1.165, 1.54) is 4.90 Å². The fourth-order valence-corrected chi connectivity index (χ4v) is 1.99. The van der Waals surface area contributed by atoms with E-state index in [-0.39, 0.29) is 19.0 Å². The van der Waals surface area contributed by atoms with Crippen LogP contribution in [0, 0.1) is 0 Å². The van der Waals surface area contributed by atoms with Crippen LogP contribution in [-0.2, 0) is 9.47 Å². The van der Waals surface area contributed by atoms with E-state index in [1.807, 2.05) is 0 Å². The molecule has 0 aromatic carbocycles. The summed E-state index contributed by atoms with van der Waals surface area (Å²) in [4.78, 5) is 24.7. The molecule has 0 saturated carbocycles. The zero-order valence-corrected chi connectivity index (χ0v) is 13.4. The molecule has 1 saturated heterocycles. The molecule has 1 fully saturated rings. The Labute approximate surface area is 129 Å². The van der Waals surface area contributed by atoms with Crippen molar-refractivity contribution in [2.24, 2.45) is 0 Å². The number of carbonyl (C=O) groups excluding carboxylic acids is 2. The maximum absolute atomic E-state index is 11.9. The van der Waals surface area contributed by atoms with E-state index in [0.717, 1.165) is 0 Å². The van der Waals surface area contributed by atoms with Gasteiger partial charge in [-0.2, -0.15) is 0 Å². The molecule has 0 aliphatic carbocycles. The van der Waals surface area contributed by atoms with Crippen LogP contribution in [0.4, 0.5) is 9.59 Å². The topological polar surface area (TPSA) is 88.1 Å². The van der Waals surface area contributed by atoms with Gasteiger partial charge in [0.05, 0.1) is 24.6 Å². The van der Waals surface area contributed by atoms with Crippen LogP contribution in [0.15, 0.2) is 0 Å². The van der Waals surface area contributed by atoms with Crippen molar-refractivity contribution in [3.63, 3.8) is 0 Å². The third-order valence-corrected chi connectivity index (χ3v) is 3.00. The number of alkyl halides is 1. The summed E-state index contributed by atoms with van der Waals surface area (Å²) in [5.74, 6) is 0.215. The normalized spacial score (nSPS) is 22.6. The molecule has 122 valence electrons. The molecular formula is C13H23ClN2O5. The van der Waals surface area contributed by atoms with Gasteiger partial charge < -0.3 is 24.8 Å². The van der Waals surface area contributed by atoms with Crippen molar-refractivity contribution in [2.45, 2.75) is 44.9 Å². The van der Waals surface area contributed by atoms with Crippen LogP contribution < -0.4 is 5.32 Å². The first-order valence-electron chi connectivity index (χ1n) is 6.88. The summed E-state index contributed by atoms with van der Waals surface area (Å²) in [6, 6.07) is -0.452. The average molecular weight is 323 g/mol. The number of rotatable bonds is 3. The molecule has 0 unspecified atom stereocenters. The van der Waals surface area contributed by atoms with Gasteiger partial charge in [0.1, 0.15) is 12.2 Å². The lowest BCUT2D eigenvalue weighted by Crippen LogP contribution is -2.56. The van der Waals surface area contributed by atoms with Crippen LogP contribution in [0.5, 0.6) is 0 Å². The number of amides is 2. The number of likely N-dealkylation sites (tertiary alicyclic amines) is 1. The van der Waals surface area contributed by atoms with E-state index in [4.69, 9.17) is 21.1 Å². The van der Waals surface area contributed by atoms with E-state index in [9.17, 15) is 14.7 Å². The number of aliphatic hydroxyl groups excluding tert-OH is 1. The average Bonchev–Trinajstić information content (AvgIpc) is 2.36. The zero-order valence-electron chi connectivity index (χ0n) is 12.6. The Morgan fingerprint density at radius 2 is 2.10 bits per heavy atom. The number of β-amino-alcohol motifs (C(OH)–C–C–N with tert-alkyl or cyclic N) is 1. The predicted octanol–water partition coefficient (Wildman–Crippen LogP) is 1.32. The molecule has 21 heavy (non-hydrogen) atoms. The lowest BCUT2D eigenvalue weighted by atomic mass is 10.0. The maximum atomic E-state index is 11.9. The third-order valence-electron chi connectivity index (χ3n) is 2.85. The van der Waals surface area contributed by atoms with Gasteiger partial charge in [0.2, 0.25) is 0 Å². The summed E-state index contributed by atoms with van der Waals surface area (Å²) in [5.41, 5.74) is -0.581. The van der Waals surface area contributed by atoms with E-state index in [2.05, 4.69) is 5.32 Å². The second-order valence-electron chi connectivity index (χ2n) is 5.86. The second kappa shape index (κ2) is 7.70. The molecule has 7 nitrogen and oxygen atoms in total. The van der Waals surface area contributed by atoms with Crippen LogP contribution in [0.2, 0.25) is 0 Å². The molecule has 0 aromatic heterocycles. The van der Waals surface area contributed by atoms with Crippen molar-refractivity contribution in [2.75, 3.05) is 25.6 Å². The molecule has 2 atom stereocenters. The lowest BCUT2D eigenvalue weighted by Gasteiger charge is -2.36. The number of nitrogens with zero attached hydrogens (tertiary/aromatic N) is 1. The predicted molar refractivity (Wildman–Crippen MR) is 77.4 cm³/mol. The van der Waals surface area contributed by atoms with Crippen molar-refractivity contribution in [1.29, 1.82) is 0 Å². The standard InChI is InChI=1S/C13H23ClN2O5/c1-13(2,3)21-12(19)16-6-4-9(10(17)8-16)15-11(18)20-7-5-14/h9-10,17H,4-8H2,1-3H3,(H,15,18)/t9-,10-/m0/s1. The summed E-state index contributed by atoms with van der Waals surface area (Å²) >= 11 is 5.41. The molecule has 0 radical (unpaired) electrons. The molecule has 0 bridgehead atoms. The Kier molecular flexibility index (Phi) is 6.54. The van der Waals surface area contributed by atoms with Crippen LogP contribution in [-0.4, -0.2) is 65.5 Å². The van der Waals surface area contributed by atoms with E-state index < -0.39 is 29.9 Å². The van der Waals surface area contributed by atoms with Crippen molar-refractivity contribution in [3.05, 3.63) is 0 Å². The number of piperidine rings is 1. The van der Waals surface area contributed by atoms with Crippen molar-refractivity contribution in [3.8, 4) is 0 Å². The highest BCUT2D eigenvalue weighted by molar-refractivity contribution is 6.18. The molecule has 1 heterocycles. The van der Waals surface area contributed by atoms with E-state index in [1.54, 1.807) is 20.8 Å². The molecule has 0 spiro atoms. The molecule has 1 rings (SSSR count). The minimum atomic E-state index is -0.866. The summed E-state index contributed by atoms with van der Waals surface area (Å²) in [6.07, 6.45) is -1.53. The first-order chi connectivity index (χ1) is 9.73. The minimum absolute atomic E-state index is 0.107. The van der Waals surface area contributed by atoms with Gasteiger partial charge in [0.15, 0.2) is 0 Å². The fourth-order valence-electron chi connectivity index (χ4n) is 1.92. The highest BCUT2D eigenvalue weighted by atomic mass is 35.5. The van der Waals surface area contributed by atoms with Gasteiger partial charge in [0.25, 0.3) is 0 Å². The first kappa shape index (κ1) is 17.8. The quantitative estimate of drug-likeness (QED) is 0.765. The number of nitrogens with one attached hydrogen (secondary N) is 1. The summed E-state index contributed by atoms with van der Waals surface area (Å²) in [7, 11) is 0. The van der Waals surface area contributed by atoms with Crippen molar-refractivity contribution < 1.29 is 24.2 Å². The van der Waals surface area contributed by atoms with Gasteiger partial charge in [-0.1, -0.05) is 0 Å². The van der Waals surface area contributed by atoms with Gasteiger partial charge in [-0.25, -0.2) is 9.59 Å². The number of carbonyl (C=O) groups is 2. The monoisotopic (exact) mass is 322 g/mol. The number of hydrogen-bond acceptors (Lipinski definition) is 5. The molecule has 0 aromatic rings. The zero-order chi connectivity index (χ0) is 16.0. The number of alkyl carbamates (subject to hydrolysis) is 1. The number of halogens is 1.